The summed E-state index contributed by atoms with van der Waals surface area (Å²) >= 11 is 1.84. The van der Waals surface area contributed by atoms with Gasteiger partial charge in [0.25, 0.3) is 0 Å². The molecule has 0 unspecified atom stereocenters. The Morgan fingerprint density at radius 2 is 2.33 bits per heavy atom. The van der Waals surface area contributed by atoms with Gasteiger partial charge >= 0.3 is 0 Å². The zero-order valence-corrected chi connectivity index (χ0v) is 8.45. The molecule has 1 aromatic rings. The minimum Gasteiger partial charge on any atom is -0.330 e. The Morgan fingerprint density at radius 1 is 1.58 bits per heavy atom. The first kappa shape index (κ1) is 9.49. The fourth-order valence-electron chi connectivity index (χ4n) is 1.05. The predicted octanol–water partition coefficient (Wildman–Crippen LogP) is 2.81. The van der Waals surface area contributed by atoms with E-state index < -0.39 is 0 Å². The van der Waals surface area contributed by atoms with Crippen molar-refractivity contribution in [1.82, 2.24) is 0 Å². The van der Waals surface area contributed by atoms with Crippen LogP contribution in [0.15, 0.2) is 18.2 Å². The summed E-state index contributed by atoms with van der Waals surface area (Å²) < 4.78 is 0. The Morgan fingerprint density at radius 3 is 2.83 bits per heavy atom. The van der Waals surface area contributed by atoms with Crippen molar-refractivity contribution in [2.45, 2.75) is 20.3 Å². The smallest absolute Gasteiger partial charge is 0.0299 e. The lowest BCUT2D eigenvalue weighted by Crippen LogP contribution is -1.95. The number of thiophene rings is 1. The monoisotopic (exact) mass is 181 g/mol. The van der Waals surface area contributed by atoms with Gasteiger partial charge in [0.15, 0.2) is 0 Å². The van der Waals surface area contributed by atoms with Crippen molar-refractivity contribution in [2.24, 2.45) is 5.73 Å². The van der Waals surface area contributed by atoms with Gasteiger partial charge in [0.2, 0.25) is 0 Å². The van der Waals surface area contributed by atoms with Gasteiger partial charge in [0.05, 0.1) is 0 Å². The molecule has 0 bridgehead atoms. The number of nitrogens with two attached hydrogens (primary N) is 1. The molecule has 12 heavy (non-hydrogen) atoms. The minimum absolute atomic E-state index is 0.738. The first-order chi connectivity index (χ1) is 5.74. The predicted molar refractivity (Wildman–Crippen MR) is 56.4 cm³/mol. The van der Waals surface area contributed by atoms with Gasteiger partial charge in [-0.15, -0.1) is 11.3 Å². The van der Waals surface area contributed by atoms with Crippen LogP contribution in [-0.4, -0.2) is 6.54 Å². The summed E-state index contributed by atoms with van der Waals surface area (Å²) in [6, 6.07) is 4.32. The van der Waals surface area contributed by atoms with Gasteiger partial charge in [-0.1, -0.05) is 6.08 Å². The van der Waals surface area contributed by atoms with Crippen molar-refractivity contribution >= 4 is 16.9 Å². The molecule has 0 fully saturated rings. The molecule has 0 aromatic carbocycles. The van der Waals surface area contributed by atoms with Crippen molar-refractivity contribution in [3.8, 4) is 0 Å². The molecular weight excluding hydrogens is 166 g/mol. The van der Waals surface area contributed by atoms with Crippen LogP contribution in [0.1, 0.15) is 23.1 Å². The van der Waals surface area contributed by atoms with Crippen LogP contribution >= 0.6 is 11.3 Å². The van der Waals surface area contributed by atoms with Crippen LogP contribution in [-0.2, 0) is 0 Å². The summed E-state index contributed by atoms with van der Waals surface area (Å²) in [5.74, 6) is 0. The topological polar surface area (TPSA) is 26.0 Å². The van der Waals surface area contributed by atoms with E-state index in [0.717, 1.165) is 13.0 Å². The van der Waals surface area contributed by atoms with Crippen LogP contribution < -0.4 is 5.73 Å². The van der Waals surface area contributed by atoms with E-state index >= 15 is 0 Å². The van der Waals surface area contributed by atoms with E-state index in [1.807, 2.05) is 11.3 Å². The number of aryl methyl sites for hydroxylation is 1. The summed E-state index contributed by atoms with van der Waals surface area (Å²) in [6.07, 6.45) is 3.17. The maximum atomic E-state index is 5.42. The lowest BCUT2D eigenvalue weighted by molar-refractivity contribution is 1.01. The first-order valence-corrected chi connectivity index (χ1v) is 4.99. The molecule has 66 valence electrons. The van der Waals surface area contributed by atoms with E-state index in [1.54, 1.807) is 0 Å². The Hall–Kier alpha value is -0.600. The standard InChI is InChI=1S/C10H15NS/c1-8(4-3-7-11)10-6-5-9(2)12-10/h4-6H,3,7,11H2,1-2H3. The molecule has 0 saturated heterocycles. The van der Waals surface area contributed by atoms with E-state index in [9.17, 15) is 0 Å². The maximum absolute atomic E-state index is 5.42. The van der Waals surface area contributed by atoms with Crippen LogP contribution in [0.2, 0.25) is 0 Å². The van der Waals surface area contributed by atoms with Gasteiger partial charge in [0, 0.05) is 9.75 Å². The van der Waals surface area contributed by atoms with Crippen molar-refractivity contribution in [1.29, 1.82) is 0 Å². The second-order valence-electron chi connectivity index (χ2n) is 2.87. The third-order valence-electron chi connectivity index (χ3n) is 1.75. The van der Waals surface area contributed by atoms with Gasteiger partial charge in [-0.3, -0.25) is 0 Å². The van der Waals surface area contributed by atoms with Gasteiger partial charge in [-0.2, -0.15) is 0 Å². The highest BCUT2D eigenvalue weighted by molar-refractivity contribution is 7.13. The molecule has 2 heteroatoms. The molecule has 0 atom stereocenters. The summed E-state index contributed by atoms with van der Waals surface area (Å²) in [5.41, 5.74) is 6.76. The van der Waals surface area contributed by atoms with Gasteiger partial charge < -0.3 is 5.73 Å². The molecule has 1 rings (SSSR count). The van der Waals surface area contributed by atoms with Crippen molar-refractivity contribution in [3.63, 3.8) is 0 Å². The summed E-state index contributed by atoms with van der Waals surface area (Å²) in [7, 11) is 0. The number of hydrogen-bond donors (Lipinski definition) is 1. The lowest BCUT2D eigenvalue weighted by atomic mass is 10.2. The van der Waals surface area contributed by atoms with Gasteiger partial charge in [-0.05, 0) is 44.5 Å². The molecular formula is C10H15NS. The Bertz CT molecular complexity index is 273. The lowest BCUT2D eigenvalue weighted by Gasteiger charge is -1.95. The molecule has 0 spiro atoms. The number of rotatable bonds is 3. The second kappa shape index (κ2) is 4.43. The Balaban J connectivity index is 2.70. The third kappa shape index (κ3) is 2.47. The van der Waals surface area contributed by atoms with Crippen molar-refractivity contribution < 1.29 is 0 Å². The first-order valence-electron chi connectivity index (χ1n) is 4.17. The molecule has 1 nitrogen and oxygen atoms in total. The largest absolute Gasteiger partial charge is 0.330 e. The molecule has 0 aliphatic carbocycles. The average molecular weight is 181 g/mol. The molecule has 0 radical (unpaired) electrons. The molecule has 1 aromatic heterocycles. The van der Waals surface area contributed by atoms with Crippen LogP contribution in [0.5, 0.6) is 0 Å². The number of hydrogen-bond acceptors (Lipinski definition) is 2. The van der Waals surface area contributed by atoms with E-state index in [1.165, 1.54) is 15.3 Å². The van der Waals surface area contributed by atoms with Crippen LogP contribution in [0.25, 0.3) is 5.57 Å². The maximum Gasteiger partial charge on any atom is 0.0299 e. The highest BCUT2D eigenvalue weighted by Gasteiger charge is 1.97. The molecule has 1 heterocycles. The number of allylic oxidation sites excluding steroid dienone is 1. The molecule has 2 N–H and O–H groups in total. The zero-order chi connectivity index (χ0) is 8.97. The highest BCUT2D eigenvalue weighted by Crippen LogP contribution is 2.23. The highest BCUT2D eigenvalue weighted by atomic mass is 32.1. The summed E-state index contributed by atoms with van der Waals surface area (Å²) in [5, 5.41) is 0. The average Bonchev–Trinajstić information content (AvgIpc) is 2.47. The van der Waals surface area contributed by atoms with E-state index in [-0.39, 0.29) is 0 Å². The fraction of sp³-hybridized carbons (Fsp3) is 0.400. The van der Waals surface area contributed by atoms with Gasteiger partial charge in [0.1, 0.15) is 0 Å². The second-order valence-corrected chi connectivity index (χ2v) is 4.16. The quantitative estimate of drug-likeness (QED) is 0.762. The van der Waals surface area contributed by atoms with Crippen molar-refractivity contribution in [2.75, 3.05) is 6.54 Å². The van der Waals surface area contributed by atoms with Crippen LogP contribution in [0.3, 0.4) is 0 Å². The fourth-order valence-corrected chi connectivity index (χ4v) is 1.91. The van der Waals surface area contributed by atoms with E-state index in [0.29, 0.717) is 0 Å². The van der Waals surface area contributed by atoms with Crippen LogP contribution in [0.4, 0.5) is 0 Å². The van der Waals surface area contributed by atoms with Gasteiger partial charge in [-0.25, -0.2) is 0 Å². The molecule has 0 saturated carbocycles. The van der Waals surface area contributed by atoms with Crippen LogP contribution in [0, 0.1) is 6.92 Å². The minimum atomic E-state index is 0.738. The summed E-state index contributed by atoms with van der Waals surface area (Å²) in [4.78, 5) is 2.73. The Kier molecular flexibility index (Phi) is 3.50. The Labute approximate surface area is 77.9 Å². The SMILES string of the molecule is CC(=CCCN)c1ccc(C)s1. The molecule has 0 amide bonds. The van der Waals surface area contributed by atoms with E-state index in [4.69, 9.17) is 5.73 Å². The molecule has 0 aliphatic heterocycles. The normalized spacial score (nSPS) is 12.1. The molecule has 0 aliphatic rings. The van der Waals surface area contributed by atoms with Crippen molar-refractivity contribution in [3.05, 3.63) is 28.0 Å². The summed E-state index contributed by atoms with van der Waals surface area (Å²) in [6.45, 7) is 5.01. The third-order valence-corrected chi connectivity index (χ3v) is 2.88. The van der Waals surface area contributed by atoms with E-state index in [2.05, 4.69) is 32.1 Å². The zero-order valence-electron chi connectivity index (χ0n) is 7.63.